The van der Waals surface area contributed by atoms with Crippen LogP contribution in [0.1, 0.15) is 54.6 Å². The summed E-state index contributed by atoms with van der Waals surface area (Å²) in [5, 5.41) is 0. The highest BCUT2D eigenvalue weighted by Gasteiger charge is 2.41. The van der Waals surface area contributed by atoms with Crippen LogP contribution in [0, 0.1) is 19.7 Å². The van der Waals surface area contributed by atoms with Crippen molar-refractivity contribution in [3.8, 4) is 0 Å². The van der Waals surface area contributed by atoms with Gasteiger partial charge in [-0.1, -0.05) is 30.4 Å². The van der Waals surface area contributed by atoms with Gasteiger partial charge in [-0.3, -0.25) is 0 Å². The molecule has 1 aromatic heterocycles. The summed E-state index contributed by atoms with van der Waals surface area (Å²) in [6.45, 7) is 7.52. The number of rotatable bonds is 3. The second-order valence-corrected chi connectivity index (χ2v) is 8.93. The highest BCUT2D eigenvalue weighted by Crippen LogP contribution is 2.42. The number of likely N-dealkylation sites (tertiary alicyclic amines) is 1. The largest absolute Gasteiger partial charge is 0.359 e. The second kappa shape index (κ2) is 7.12. The Labute approximate surface area is 177 Å². The lowest BCUT2D eigenvalue weighted by molar-refractivity contribution is 0.200. The van der Waals surface area contributed by atoms with Gasteiger partial charge in [0.1, 0.15) is 11.6 Å². The molecule has 5 rings (SSSR count). The monoisotopic (exact) mass is 401 g/mol. The standard InChI is InChI=1S/C26H28FN3/c1-17-14-23-24(15-18(17)2)29-25(28-23)26(3)12-7-13-30(26)20-9-6-8-19(16-20)21-10-4-5-11-22(21)27/h4-6,9-11,14-16,19H,7-8,12-13H2,1-3H3,(H,28,29)/t19?,26-/m0/s1. The average molecular weight is 402 g/mol. The van der Waals surface area contributed by atoms with Crippen molar-refractivity contribution in [1.29, 1.82) is 0 Å². The van der Waals surface area contributed by atoms with Gasteiger partial charge in [0.2, 0.25) is 0 Å². The fourth-order valence-corrected chi connectivity index (χ4v) is 4.99. The van der Waals surface area contributed by atoms with E-state index in [9.17, 15) is 4.39 Å². The minimum absolute atomic E-state index is 0.0667. The van der Waals surface area contributed by atoms with Crippen LogP contribution in [0.25, 0.3) is 11.0 Å². The number of aromatic amines is 1. The van der Waals surface area contributed by atoms with Gasteiger partial charge in [-0.2, -0.15) is 0 Å². The zero-order valence-electron chi connectivity index (χ0n) is 17.9. The molecule has 1 aliphatic carbocycles. The number of imidazole rings is 1. The predicted octanol–water partition coefficient (Wildman–Crippen LogP) is 6.26. The van der Waals surface area contributed by atoms with E-state index < -0.39 is 0 Å². The molecular formula is C26H28FN3. The fourth-order valence-electron chi connectivity index (χ4n) is 4.99. The van der Waals surface area contributed by atoms with Gasteiger partial charge in [-0.05, 0) is 81.0 Å². The molecule has 3 nitrogen and oxygen atoms in total. The van der Waals surface area contributed by atoms with Crippen LogP contribution in [0.15, 0.2) is 60.3 Å². The van der Waals surface area contributed by atoms with Gasteiger partial charge < -0.3 is 9.88 Å². The lowest BCUT2D eigenvalue weighted by atomic mass is 9.89. The average Bonchev–Trinajstić information content (AvgIpc) is 3.33. The maximum absolute atomic E-state index is 14.4. The predicted molar refractivity (Wildman–Crippen MR) is 120 cm³/mol. The zero-order chi connectivity index (χ0) is 20.9. The normalized spacial score (nSPS) is 23.9. The van der Waals surface area contributed by atoms with E-state index in [0.717, 1.165) is 48.2 Å². The Morgan fingerprint density at radius 1 is 1.17 bits per heavy atom. The molecule has 1 saturated heterocycles. The summed E-state index contributed by atoms with van der Waals surface area (Å²) in [7, 11) is 0. The molecule has 4 heteroatoms. The molecule has 0 bridgehead atoms. The number of hydrogen-bond donors (Lipinski definition) is 1. The van der Waals surface area contributed by atoms with E-state index in [1.54, 1.807) is 12.1 Å². The molecule has 1 N–H and O–H groups in total. The summed E-state index contributed by atoms with van der Waals surface area (Å²) in [4.78, 5) is 11.1. The molecule has 0 radical (unpaired) electrons. The van der Waals surface area contributed by atoms with Gasteiger partial charge >= 0.3 is 0 Å². The highest BCUT2D eigenvalue weighted by atomic mass is 19.1. The van der Waals surface area contributed by atoms with Crippen LogP contribution in [-0.4, -0.2) is 21.4 Å². The first-order chi connectivity index (χ1) is 14.5. The minimum Gasteiger partial charge on any atom is -0.359 e. The van der Waals surface area contributed by atoms with Gasteiger partial charge in [-0.15, -0.1) is 0 Å². The summed E-state index contributed by atoms with van der Waals surface area (Å²) in [6, 6.07) is 11.5. The van der Waals surface area contributed by atoms with Gasteiger partial charge in [0.15, 0.2) is 0 Å². The number of nitrogens with one attached hydrogen (secondary N) is 1. The molecule has 0 saturated carbocycles. The first kappa shape index (κ1) is 19.1. The van der Waals surface area contributed by atoms with Crippen molar-refractivity contribution < 1.29 is 4.39 Å². The number of benzene rings is 2. The van der Waals surface area contributed by atoms with Crippen molar-refractivity contribution in [2.24, 2.45) is 0 Å². The molecule has 2 heterocycles. The SMILES string of the molecule is Cc1cc2nc([C@]3(C)CCCN3C3=CC(c4ccccc4F)CC=C3)[nH]c2cc1C. The van der Waals surface area contributed by atoms with E-state index in [4.69, 9.17) is 4.98 Å². The Bertz CT molecular complexity index is 1130. The van der Waals surface area contributed by atoms with Crippen LogP contribution in [0.3, 0.4) is 0 Å². The third-order valence-electron chi connectivity index (χ3n) is 6.92. The minimum atomic E-state index is -0.200. The van der Waals surface area contributed by atoms with Crippen molar-refractivity contribution in [2.45, 2.75) is 51.5 Å². The van der Waals surface area contributed by atoms with Crippen molar-refractivity contribution in [2.75, 3.05) is 6.54 Å². The third kappa shape index (κ3) is 3.06. The fraction of sp³-hybridized carbons (Fsp3) is 0.346. The first-order valence-electron chi connectivity index (χ1n) is 10.8. The van der Waals surface area contributed by atoms with Crippen molar-refractivity contribution in [1.82, 2.24) is 14.9 Å². The smallest absolute Gasteiger partial charge is 0.132 e. The van der Waals surface area contributed by atoms with E-state index >= 15 is 0 Å². The topological polar surface area (TPSA) is 31.9 Å². The summed E-state index contributed by atoms with van der Waals surface area (Å²) >= 11 is 0. The van der Waals surface area contributed by atoms with Crippen LogP contribution in [0.4, 0.5) is 4.39 Å². The Morgan fingerprint density at radius 3 is 2.80 bits per heavy atom. The van der Waals surface area contributed by atoms with Crippen molar-refractivity contribution in [3.05, 3.63) is 88.7 Å². The van der Waals surface area contributed by atoms with Crippen LogP contribution in [0.2, 0.25) is 0 Å². The Morgan fingerprint density at radius 2 is 1.97 bits per heavy atom. The zero-order valence-corrected chi connectivity index (χ0v) is 17.9. The number of fused-ring (bicyclic) bond motifs is 1. The molecule has 0 spiro atoms. The first-order valence-corrected chi connectivity index (χ1v) is 10.8. The molecular weight excluding hydrogens is 373 g/mol. The van der Waals surface area contributed by atoms with Crippen LogP contribution < -0.4 is 0 Å². The number of hydrogen-bond acceptors (Lipinski definition) is 2. The van der Waals surface area contributed by atoms with E-state index in [-0.39, 0.29) is 17.3 Å². The van der Waals surface area contributed by atoms with E-state index in [1.165, 1.54) is 16.8 Å². The second-order valence-electron chi connectivity index (χ2n) is 8.93. The number of allylic oxidation sites excluding steroid dienone is 3. The van der Waals surface area contributed by atoms with E-state index in [1.807, 2.05) is 12.1 Å². The van der Waals surface area contributed by atoms with Crippen LogP contribution >= 0.6 is 0 Å². The summed E-state index contributed by atoms with van der Waals surface area (Å²) in [5.41, 5.74) is 6.40. The summed E-state index contributed by atoms with van der Waals surface area (Å²) in [5.74, 6) is 0.958. The number of halogens is 1. The lowest BCUT2D eigenvalue weighted by Crippen LogP contribution is -2.39. The number of nitrogens with zero attached hydrogens (tertiary/aromatic N) is 2. The molecule has 2 aliphatic rings. The van der Waals surface area contributed by atoms with Crippen LogP contribution in [0.5, 0.6) is 0 Å². The Hall–Kier alpha value is -2.88. The summed E-state index contributed by atoms with van der Waals surface area (Å²) in [6.07, 6.45) is 9.59. The molecule has 1 fully saturated rings. The quantitative estimate of drug-likeness (QED) is 0.562. The molecule has 30 heavy (non-hydrogen) atoms. The number of aromatic nitrogens is 2. The molecule has 0 amide bonds. The highest BCUT2D eigenvalue weighted by molar-refractivity contribution is 5.77. The van der Waals surface area contributed by atoms with Gasteiger partial charge in [0, 0.05) is 18.2 Å². The number of aryl methyl sites for hydroxylation is 2. The maximum atomic E-state index is 14.4. The third-order valence-corrected chi connectivity index (χ3v) is 6.92. The van der Waals surface area contributed by atoms with Crippen LogP contribution in [-0.2, 0) is 5.54 Å². The van der Waals surface area contributed by atoms with Crippen molar-refractivity contribution >= 4 is 11.0 Å². The maximum Gasteiger partial charge on any atom is 0.132 e. The molecule has 1 aliphatic heterocycles. The molecule has 1 unspecified atom stereocenters. The molecule has 2 atom stereocenters. The van der Waals surface area contributed by atoms with Crippen molar-refractivity contribution in [3.63, 3.8) is 0 Å². The summed E-state index contributed by atoms with van der Waals surface area (Å²) < 4.78 is 14.4. The molecule has 3 aromatic rings. The molecule has 154 valence electrons. The molecule has 2 aromatic carbocycles. The number of H-pyrrole nitrogens is 1. The van der Waals surface area contributed by atoms with Gasteiger partial charge in [0.25, 0.3) is 0 Å². The van der Waals surface area contributed by atoms with E-state index in [0.29, 0.717) is 0 Å². The van der Waals surface area contributed by atoms with Gasteiger partial charge in [-0.25, -0.2) is 9.37 Å². The van der Waals surface area contributed by atoms with E-state index in [2.05, 4.69) is 61.0 Å². The Kier molecular flexibility index (Phi) is 4.53. The lowest BCUT2D eigenvalue weighted by Gasteiger charge is -2.37. The van der Waals surface area contributed by atoms with Gasteiger partial charge in [0.05, 0.1) is 16.6 Å². The Balaban J connectivity index is 1.53.